The summed E-state index contributed by atoms with van der Waals surface area (Å²) in [7, 11) is 0. The first kappa shape index (κ1) is 25.4. The quantitative estimate of drug-likeness (QED) is 0.614. The average molecular weight is 439 g/mol. The van der Waals surface area contributed by atoms with E-state index in [0.717, 1.165) is 22.3 Å². The van der Waals surface area contributed by atoms with Crippen LogP contribution in [-0.4, -0.2) is 41.4 Å². The molecule has 32 heavy (non-hydrogen) atoms. The molecule has 0 radical (unpaired) electrons. The van der Waals surface area contributed by atoms with Crippen molar-refractivity contribution in [1.82, 2.24) is 10.2 Å². The molecule has 0 spiro atoms. The van der Waals surface area contributed by atoms with E-state index in [0.29, 0.717) is 25.1 Å². The van der Waals surface area contributed by atoms with Gasteiger partial charge < -0.3 is 15.0 Å². The van der Waals surface area contributed by atoms with E-state index in [1.165, 1.54) is 0 Å². The summed E-state index contributed by atoms with van der Waals surface area (Å²) >= 11 is 0. The monoisotopic (exact) mass is 438 g/mol. The zero-order valence-corrected chi connectivity index (χ0v) is 20.6. The minimum absolute atomic E-state index is 0.0994. The lowest BCUT2D eigenvalue weighted by Crippen LogP contribution is -2.54. The van der Waals surface area contributed by atoms with Crippen LogP contribution in [0.5, 0.6) is 5.75 Å². The Morgan fingerprint density at radius 1 is 1.06 bits per heavy atom. The molecule has 0 aliphatic carbocycles. The van der Waals surface area contributed by atoms with Crippen LogP contribution >= 0.6 is 0 Å². The molecule has 5 heteroatoms. The van der Waals surface area contributed by atoms with Crippen molar-refractivity contribution in [3.05, 3.63) is 64.7 Å². The second kappa shape index (κ2) is 11.2. The molecular weight excluding hydrogens is 400 g/mol. The lowest BCUT2D eigenvalue weighted by molar-refractivity contribution is -0.142. The van der Waals surface area contributed by atoms with E-state index in [1.54, 1.807) is 4.90 Å². The molecular formula is C27H38N2O3. The number of rotatable bonds is 9. The summed E-state index contributed by atoms with van der Waals surface area (Å²) in [4.78, 5) is 28.0. The number of nitrogens with one attached hydrogen (secondary N) is 1. The van der Waals surface area contributed by atoms with Crippen LogP contribution < -0.4 is 10.1 Å². The molecule has 0 heterocycles. The van der Waals surface area contributed by atoms with Gasteiger partial charge in [0, 0.05) is 12.1 Å². The third-order valence-electron chi connectivity index (χ3n) is 5.48. The highest BCUT2D eigenvalue weighted by molar-refractivity contribution is 5.88. The van der Waals surface area contributed by atoms with E-state index in [4.69, 9.17) is 4.74 Å². The molecule has 0 bridgehead atoms. The van der Waals surface area contributed by atoms with Crippen LogP contribution in [0.1, 0.15) is 56.4 Å². The van der Waals surface area contributed by atoms with Crippen molar-refractivity contribution in [3.63, 3.8) is 0 Å². The number of ether oxygens (including phenoxy) is 1. The normalized spacial score (nSPS) is 12.2. The van der Waals surface area contributed by atoms with Gasteiger partial charge in [-0.05, 0) is 82.7 Å². The molecule has 0 saturated heterocycles. The third-order valence-corrected chi connectivity index (χ3v) is 5.48. The van der Waals surface area contributed by atoms with E-state index in [1.807, 2.05) is 84.9 Å². The molecule has 1 N–H and O–H groups in total. The summed E-state index contributed by atoms with van der Waals surface area (Å²) in [5, 5.41) is 3.03. The Labute approximate surface area is 193 Å². The first-order valence-corrected chi connectivity index (χ1v) is 11.4. The molecule has 2 rings (SSSR count). The molecule has 0 saturated carbocycles. The number of aryl methyl sites for hydroxylation is 2. The van der Waals surface area contributed by atoms with Crippen molar-refractivity contribution in [3.8, 4) is 5.75 Å². The van der Waals surface area contributed by atoms with Gasteiger partial charge in [0.2, 0.25) is 5.91 Å². The Morgan fingerprint density at radius 3 is 2.31 bits per heavy atom. The molecule has 1 atom stereocenters. The van der Waals surface area contributed by atoms with Crippen LogP contribution in [-0.2, 0) is 16.0 Å². The number of nitrogens with zero attached hydrogens (tertiary/aromatic N) is 1. The zero-order chi connectivity index (χ0) is 23.9. The number of benzene rings is 2. The standard InChI is InChI=1S/C27H38N2O3/c1-8-23(26(31)28-27(5,6)7)29(15-14-22-12-10-9-11-13-22)25(30)18-32-24-17-19(2)16-20(3)21(24)4/h9-13,16-17,23H,8,14-15,18H2,1-7H3,(H,28,31)/t23-/m1/s1. The van der Waals surface area contributed by atoms with Gasteiger partial charge in [-0.2, -0.15) is 0 Å². The largest absolute Gasteiger partial charge is 0.483 e. The van der Waals surface area contributed by atoms with Crippen LogP contribution in [0.4, 0.5) is 0 Å². The summed E-state index contributed by atoms with van der Waals surface area (Å²) in [6.07, 6.45) is 1.21. The van der Waals surface area contributed by atoms with Crippen molar-refractivity contribution in [1.29, 1.82) is 0 Å². The van der Waals surface area contributed by atoms with Crippen LogP contribution in [0.2, 0.25) is 0 Å². The first-order chi connectivity index (χ1) is 15.0. The van der Waals surface area contributed by atoms with Gasteiger partial charge in [-0.15, -0.1) is 0 Å². The topological polar surface area (TPSA) is 58.6 Å². The number of hydrogen-bond acceptors (Lipinski definition) is 3. The van der Waals surface area contributed by atoms with Gasteiger partial charge in [-0.25, -0.2) is 0 Å². The molecule has 5 nitrogen and oxygen atoms in total. The van der Waals surface area contributed by atoms with Crippen molar-refractivity contribution >= 4 is 11.8 Å². The molecule has 2 aromatic carbocycles. The summed E-state index contributed by atoms with van der Waals surface area (Å²) < 4.78 is 5.95. The van der Waals surface area contributed by atoms with Crippen LogP contribution in [0, 0.1) is 20.8 Å². The van der Waals surface area contributed by atoms with E-state index in [-0.39, 0.29) is 24.0 Å². The SMILES string of the molecule is CC[C@H](C(=O)NC(C)(C)C)N(CCc1ccccc1)C(=O)COc1cc(C)cc(C)c1C. The van der Waals surface area contributed by atoms with Crippen molar-refractivity contribution in [2.75, 3.05) is 13.2 Å². The van der Waals surface area contributed by atoms with Crippen LogP contribution in [0.25, 0.3) is 0 Å². The maximum absolute atomic E-state index is 13.3. The molecule has 0 unspecified atom stereocenters. The maximum atomic E-state index is 13.3. The minimum Gasteiger partial charge on any atom is -0.483 e. The van der Waals surface area contributed by atoms with Gasteiger partial charge in [-0.1, -0.05) is 43.3 Å². The van der Waals surface area contributed by atoms with E-state index in [9.17, 15) is 9.59 Å². The second-order valence-corrected chi connectivity index (χ2v) is 9.48. The van der Waals surface area contributed by atoms with Crippen molar-refractivity contribution in [2.45, 2.75) is 72.9 Å². The fraction of sp³-hybridized carbons (Fsp3) is 0.481. The Kier molecular flexibility index (Phi) is 8.88. The fourth-order valence-corrected chi connectivity index (χ4v) is 3.72. The van der Waals surface area contributed by atoms with Gasteiger partial charge in [0.25, 0.3) is 5.91 Å². The molecule has 2 aromatic rings. The summed E-state index contributed by atoms with van der Waals surface area (Å²) in [5.41, 5.74) is 4.00. The van der Waals surface area contributed by atoms with Gasteiger partial charge in [0.15, 0.2) is 6.61 Å². The molecule has 0 aliphatic heterocycles. The average Bonchev–Trinajstić information content (AvgIpc) is 2.71. The first-order valence-electron chi connectivity index (χ1n) is 11.4. The molecule has 2 amide bonds. The second-order valence-electron chi connectivity index (χ2n) is 9.48. The lowest BCUT2D eigenvalue weighted by atomic mass is 10.1. The molecule has 0 aliphatic rings. The lowest BCUT2D eigenvalue weighted by Gasteiger charge is -2.33. The Hall–Kier alpha value is -2.82. The highest BCUT2D eigenvalue weighted by Crippen LogP contribution is 2.23. The van der Waals surface area contributed by atoms with Gasteiger partial charge in [0.1, 0.15) is 11.8 Å². The van der Waals surface area contributed by atoms with Crippen LogP contribution in [0.15, 0.2) is 42.5 Å². The van der Waals surface area contributed by atoms with Crippen molar-refractivity contribution in [2.24, 2.45) is 0 Å². The molecule has 0 aromatic heterocycles. The van der Waals surface area contributed by atoms with Crippen molar-refractivity contribution < 1.29 is 14.3 Å². The zero-order valence-electron chi connectivity index (χ0n) is 20.6. The van der Waals surface area contributed by atoms with Crippen LogP contribution in [0.3, 0.4) is 0 Å². The van der Waals surface area contributed by atoms with E-state index < -0.39 is 6.04 Å². The van der Waals surface area contributed by atoms with Gasteiger partial charge >= 0.3 is 0 Å². The van der Waals surface area contributed by atoms with Gasteiger partial charge in [-0.3, -0.25) is 9.59 Å². The molecule has 0 fully saturated rings. The predicted molar refractivity (Wildman–Crippen MR) is 130 cm³/mol. The number of amides is 2. The maximum Gasteiger partial charge on any atom is 0.261 e. The van der Waals surface area contributed by atoms with E-state index in [2.05, 4.69) is 11.4 Å². The highest BCUT2D eigenvalue weighted by Gasteiger charge is 2.30. The smallest absolute Gasteiger partial charge is 0.261 e. The summed E-state index contributed by atoms with van der Waals surface area (Å²) in [5.74, 6) is 0.394. The Morgan fingerprint density at radius 2 is 1.72 bits per heavy atom. The molecule has 174 valence electrons. The van der Waals surface area contributed by atoms with E-state index >= 15 is 0 Å². The number of hydrogen-bond donors (Lipinski definition) is 1. The summed E-state index contributed by atoms with van der Waals surface area (Å²) in [6, 6.07) is 13.5. The Bertz CT molecular complexity index is 916. The Balaban J connectivity index is 2.21. The predicted octanol–water partition coefficient (Wildman–Crippen LogP) is 4.76. The number of carbonyl (C=O) groups excluding carboxylic acids is 2. The fourth-order valence-electron chi connectivity index (χ4n) is 3.72. The number of carbonyl (C=O) groups is 2. The third kappa shape index (κ3) is 7.40. The van der Waals surface area contributed by atoms with Gasteiger partial charge in [0.05, 0.1) is 0 Å². The highest BCUT2D eigenvalue weighted by atomic mass is 16.5. The minimum atomic E-state index is -0.547. The summed E-state index contributed by atoms with van der Waals surface area (Å²) in [6.45, 7) is 14.2.